The van der Waals surface area contributed by atoms with Gasteiger partial charge in [-0.15, -0.1) is 0 Å². The molecular weight excluding hydrogens is 186 g/mol. The zero-order valence-corrected chi connectivity index (χ0v) is 9.02. The maximum Gasteiger partial charge on any atom is 0.323 e. The van der Waals surface area contributed by atoms with Gasteiger partial charge in [-0.2, -0.15) is 0 Å². The number of aliphatic carboxylic acids is 1. The van der Waals surface area contributed by atoms with Gasteiger partial charge in [0.15, 0.2) is 0 Å². The van der Waals surface area contributed by atoms with Crippen molar-refractivity contribution in [3.8, 4) is 0 Å². The number of hydrogen-bond donors (Lipinski definition) is 1. The molecule has 0 radical (unpaired) electrons. The van der Waals surface area contributed by atoms with E-state index in [4.69, 9.17) is 14.6 Å². The van der Waals surface area contributed by atoms with Gasteiger partial charge in [0.05, 0.1) is 6.61 Å². The Labute approximate surface area is 84.6 Å². The SMILES string of the molecule is COCCCN(C)C(COC)C(=O)O. The quantitative estimate of drug-likeness (QED) is 0.568. The molecule has 1 atom stereocenters. The Balaban J connectivity index is 3.88. The van der Waals surface area contributed by atoms with Gasteiger partial charge in [0.25, 0.3) is 0 Å². The summed E-state index contributed by atoms with van der Waals surface area (Å²) in [5, 5.41) is 8.88. The molecule has 0 heterocycles. The summed E-state index contributed by atoms with van der Waals surface area (Å²) in [6.07, 6.45) is 0.820. The van der Waals surface area contributed by atoms with E-state index in [1.807, 2.05) is 0 Å². The lowest BCUT2D eigenvalue weighted by molar-refractivity contribution is -0.144. The third kappa shape index (κ3) is 5.16. The van der Waals surface area contributed by atoms with Crippen LogP contribution in [0.15, 0.2) is 0 Å². The summed E-state index contributed by atoms with van der Waals surface area (Å²) in [6.45, 7) is 1.54. The Morgan fingerprint density at radius 1 is 1.43 bits per heavy atom. The molecule has 0 aromatic heterocycles. The predicted molar refractivity (Wildman–Crippen MR) is 52.4 cm³/mol. The summed E-state index contributed by atoms with van der Waals surface area (Å²) < 4.78 is 9.73. The molecule has 0 bridgehead atoms. The normalized spacial score (nSPS) is 13.1. The smallest absolute Gasteiger partial charge is 0.323 e. The average molecular weight is 205 g/mol. The largest absolute Gasteiger partial charge is 0.480 e. The van der Waals surface area contributed by atoms with E-state index >= 15 is 0 Å². The summed E-state index contributed by atoms with van der Waals surface area (Å²) in [5.74, 6) is -0.855. The molecule has 0 spiro atoms. The molecule has 1 unspecified atom stereocenters. The fraction of sp³-hybridized carbons (Fsp3) is 0.889. The second-order valence-corrected chi connectivity index (χ2v) is 3.14. The maximum atomic E-state index is 10.8. The van der Waals surface area contributed by atoms with Crippen LogP contribution in [-0.4, -0.2) is 63.0 Å². The van der Waals surface area contributed by atoms with E-state index in [0.29, 0.717) is 13.2 Å². The van der Waals surface area contributed by atoms with E-state index < -0.39 is 12.0 Å². The highest BCUT2D eigenvalue weighted by Gasteiger charge is 2.21. The van der Waals surface area contributed by atoms with Crippen molar-refractivity contribution in [2.24, 2.45) is 0 Å². The lowest BCUT2D eigenvalue weighted by Crippen LogP contribution is -2.42. The highest BCUT2D eigenvalue weighted by Crippen LogP contribution is 1.99. The minimum absolute atomic E-state index is 0.207. The summed E-state index contributed by atoms with van der Waals surface area (Å²) >= 11 is 0. The van der Waals surface area contributed by atoms with Crippen LogP contribution in [0.25, 0.3) is 0 Å². The molecular formula is C9H19NO4. The Morgan fingerprint density at radius 3 is 2.50 bits per heavy atom. The first-order valence-corrected chi connectivity index (χ1v) is 4.54. The van der Waals surface area contributed by atoms with Crippen LogP contribution in [0.3, 0.4) is 0 Å². The molecule has 0 aliphatic carbocycles. The van der Waals surface area contributed by atoms with Crippen molar-refractivity contribution in [1.82, 2.24) is 4.90 Å². The summed E-state index contributed by atoms with van der Waals surface area (Å²) in [4.78, 5) is 12.6. The van der Waals surface area contributed by atoms with E-state index in [2.05, 4.69) is 0 Å². The molecule has 0 fully saturated rings. The first-order valence-electron chi connectivity index (χ1n) is 4.54. The van der Waals surface area contributed by atoms with E-state index in [9.17, 15) is 4.79 Å². The lowest BCUT2D eigenvalue weighted by Gasteiger charge is -2.23. The molecule has 0 aromatic rings. The third-order valence-corrected chi connectivity index (χ3v) is 2.00. The fourth-order valence-corrected chi connectivity index (χ4v) is 1.16. The average Bonchev–Trinajstić information content (AvgIpc) is 2.13. The zero-order valence-electron chi connectivity index (χ0n) is 9.02. The molecule has 0 saturated carbocycles. The van der Waals surface area contributed by atoms with Crippen LogP contribution in [0.4, 0.5) is 0 Å². The van der Waals surface area contributed by atoms with Crippen LogP contribution >= 0.6 is 0 Å². The third-order valence-electron chi connectivity index (χ3n) is 2.00. The van der Waals surface area contributed by atoms with E-state index in [1.165, 1.54) is 7.11 Å². The van der Waals surface area contributed by atoms with Crippen molar-refractivity contribution >= 4 is 5.97 Å². The van der Waals surface area contributed by atoms with Gasteiger partial charge < -0.3 is 14.6 Å². The zero-order chi connectivity index (χ0) is 11.0. The van der Waals surface area contributed by atoms with E-state index in [1.54, 1.807) is 19.1 Å². The molecule has 1 N–H and O–H groups in total. The maximum absolute atomic E-state index is 10.8. The van der Waals surface area contributed by atoms with Gasteiger partial charge in [-0.05, 0) is 13.5 Å². The Kier molecular flexibility index (Phi) is 7.37. The van der Waals surface area contributed by atoms with Gasteiger partial charge >= 0.3 is 5.97 Å². The second-order valence-electron chi connectivity index (χ2n) is 3.14. The number of rotatable bonds is 8. The monoisotopic (exact) mass is 205 g/mol. The van der Waals surface area contributed by atoms with Crippen LogP contribution in [0, 0.1) is 0 Å². The second kappa shape index (κ2) is 7.73. The van der Waals surface area contributed by atoms with Crippen LogP contribution < -0.4 is 0 Å². The van der Waals surface area contributed by atoms with Crippen molar-refractivity contribution in [2.75, 3.05) is 41.0 Å². The van der Waals surface area contributed by atoms with Crippen molar-refractivity contribution in [1.29, 1.82) is 0 Å². The van der Waals surface area contributed by atoms with Gasteiger partial charge in [0, 0.05) is 27.4 Å². The molecule has 5 heteroatoms. The molecule has 0 rings (SSSR count). The van der Waals surface area contributed by atoms with Crippen molar-refractivity contribution in [3.05, 3.63) is 0 Å². The van der Waals surface area contributed by atoms with E-state index in [-0.39, 0.29) is 6.61 Å². The highest BCUT2D eigenvalue weighted by molar-refractivity contribution is 5.73. The van der Waals surface area contributed by atoms with Gasteiger partial charge in [0.2, 0.25) is 0 Å². The summed E-state index contributed by atoms with van der Waals surface area (Å²) in [5.41, 5.74) is 0. The molecule has 5 nitrogen and oxygen atoms in total. The molecule has 84 valence electrons. The number of methoxy groups -OCH3 is 2. The van der Waals surface area contributed by atoms with Gasteiger partial charge in [0.1, 0.15) is 6.04 Å². The van der Waals surface area contributed by atoms with Crippen molar-refractivity contribution in [2.45, 2.75) is 12.5 Å². The number of carboxylic acids is 1. The standard InChI is InChI=1S/C9H19NO4/c1-10(5-4-6-13-2)8(7-14-3)9(11)12/h8H,4-7H2,1-3H3,(H,11,12). The number of carboxylic acid groups (broad SMARTS) is 1. The lowest BCUT2D eigenvalue weighted by atomic mass is 10.2. The summed E-state index contributed by atoms with van der Waals surface area (Å²) in [7, 11) is 4.90. The first-order chi connectivity index (χ1) is 6.63. The van der Waals surface area contributed by atoms with E-state index in [0.717, 1.165) is 6.42 Å². The topological polar surface area (TPSA) is 59.0 Å². The van der Waals surface area contributed by atoms with Gasteiger partial charge in [-0.3, -0.25) is 9.69 Å². The highest BCUT2D eigenvalue weighted by atomic mass is 16.5. The number of hydrogen-bond acceptors (Lipinski definition) is 4. The first kappa shape index (κ1) is 13.4. The van der Waals surface area contributed by atoms with Gasteiger partial charge in [-0.25, -0.2) is 0 Å². The Morgan fingerprint density at radius 2 is 2.07 bits per heavy atom. The van der Waals surface area contributed by atoms with Crippen LogP contribution in [-0.2, 0) is 14.3 Å². The van der Waals surface area contributed by atoms with Gasteiger partial charge in [-0.1, -0.05) is 0 Å². The molecule has 0 saturated heterocycles. The molecule has 0 aromatic carbocycles. The van der Waals surface area contributed by atoms with Crippen LogP contribution in [0.1, 0.15) is 6.42 Å². The molecule has 0 aliphatic heterocycles. The minimum Gasteiger partial charge on any atom is -0.480 e. The molecule has 0 amide bonds. The van der Waals surface area contributed by atoms with Crippen molar-refractivity contribution < 1.29 is 19.4 Å². The van der Waals surface area contributed by atoms with Crippen LogP contribution in [0.5, 0.6) is 0 Å². The predicted octanol–water partition coefficient (Wildman–Crippen LogP) is 0.0543. The fourth-order valence-electron chi connectivity index (χ4n) is 1.16. The number of ether oxygens (including phenoxy) is 2. The summed E-state index contributed by atoms with van der Waals surface area (Å²) in [6, 6.07) is -0.572. The number of likely N-dealkylation sites (N-methyl/N-ethyl adjacent to an activating group) is 1. The molecule has 0 aliphatic rings. The minimum atomic E-state index is -0.855. The number of nitrogens with zero attached hydrogens (tertiary/aromatic N) is 1. The van der Waals surface area contributed by atoms with Crippen molar-refractivity contribution in [3.63, 3.8) is 0 Å². The number of carbonyl (C=O) groups is 1. The van der Waals surface area contributed by atoms with Crippen LogP contribution in [0.2, 0.25) is 0 Å². The Hall–Kier alpha value is -0.650. The Bertz CT molecular complexity index is 163. The molecule has 14 heavy (non-hydrogen) atoms.